The maximum atomic E-state index is 6.01. The maximum Gasteiger partial charge on any atom is 0.257 e. The molecular formula is C19H18N7+. The summed E-state index contributed by atoms with van der Waals surface area (Å²) in [5.74, 6) is 1.00. The molecule has 7 nitrogen and oxygen atoms in total. The second-order valence-electron chi connectivity index (χ2n) is 6.04. The summed E-state index contributed by atoms with van der Waals surface area (Å²) in [6.07, 6.45) is 1.70. The number of quaternary nitrogens is 1. The van der Waals surface area contributed by atoms with Gasteiger partial charge in [-0.25, -0.2) is 9.47 Å². The van der Waals surface area contributed by atoms with Crippen molar-refractivity contribution in [1.82, 2.24) is 24.4 Å². The van der Waals surface area contributed by atoms with Crippen LogP contribution in [0.2, 0.25) is 0 Å². The van der Waals surface area contributed by atoms with E-state index < -0.39 is 0 Å². The molecule has 0 fully saturated rings. The molecule has 4 rings (SSSR count). The van der Waals surface area contributed by atoms with Crippen LogP contribution in [0, 0.1) is 0 Å². The Kier molecular flexibility index (Phi) is 3.70. The summed E-state index contributed by atoms with van der Waals surface area (Å²) in [5, 5.41) is 0. The summed E-state index contributed by atoms with van der Waals surface area (Å²) in [7, 11) is 2.06. The van der Waals surface area contributed by atoms with Gasteiger partial charge >= 0.3 is 0 Å². The lowest BCUT2D eigenvalue weighted by molar-refractivity contribution is 0.608. The Morgan fingerprint density at radius 2 is 1.35 bits per heavy atom. The summed E-state index contributed by atoms with van der Waals surface area (Å²) in [5.41, 5.74) is 14.6. The Labute approximate surface area is 150 Å². The van der Waals surface area contributed by atoms with Gasteiger partial charge in [-0.1, -0.05) is 36.4 Å². The van der Waals surface area contributed by atoms with E-state index in [-0.39, 0.29) is 11.8 Å². The average molecular weight is 344 g/mol. The second kappa shape index (κ2) is 6.05. The minimum Gasteiger partial charge on any atom is -0.382 e. The van der Waals surface area contributed by atoms with Crippen LogP contribution in [-0.4, -0.2) is 27.0 Å². The quantitative estimate of drug-likeness (QED) is 0.553. The fraction of sp³-hybridized carbons (Fsp3) is 0.0526. The van der Waals surface area contributed by atoms with Crippen molar-refractivity contribution in [2.24, 2.45) is 0 Å². The number of benzene rings is 2. The number of hydrogen-bond acceptors (Lipinski definition) is 6. The second-order valence-corrected chi connectivity index (χ2v) is 6.04. The molecule has 26 heavy (non-hydrogen) atoms. The number of fused-ring (bicyclic) bond motifs is 1. The first-order chi connectivity index (χ1) is 12.6. The molecule has 0 radical (unpaired) electrons. The van der Waals surface area contributed by atoms with E-state index in [0.717, 1.165) is 11.4 Å². The van der Waals surface area contributed by atoms with Crippen LogP contribution >= 0.6 is 0 Å². The van der Waals surface area contributed by atoms with Gasteiger partial charge in [0, 0.05) is 24.3 Å². The molecule has 2 heterocycles. The van der Waals surface area contributed by atoms with Crippen LogP contribution in [0.5, 0.6) is 0 Å². The van der Waals surface area contributed by atoms with Gasteiger partial charge < -0.3 is 11.5 Å². The first-order valence-corrected chi connectivity index (χ1v) is 8.13. The molecular weight excluding hydrogens is 326 g/mol. The van der Waals surface area contributed by atoms with E-state index >= 15 is 0 Å². The molecule has 0 atom stereocenters. The molecule has 0 unspecified atom stereocenters. The van der Waals surface area contributed by atoms with E-state index in [0.29, 0.717) is 21.5 Å². The number of rotatable bonds is 3. The Bertz CT molecular complexity index is 1030. The molecule has 0 aliphatic rings. The molecule has 0 saturated carbocycles. The summed E-state index contributed by atoms with van der Waals surface area (Å²) < 4.78 is 0.328. The first-order valence-electron chi connectivity index (χ1n) is 8.13. The summed E-state index contributed by atoms with van der Waals surface area (Å²) in [6.45, 7) is 0. The minimum atomic E-state index is 0.0837. The highest BCUT2D eigenvalue weighted by atomic mass is 15.4. The molecule has 128 valence electrons. The van der Waals surface area contributed by atoms with Gasteiger partial charge in [0.1, 0.15) is 17.6 Å². The highest BCUT2D eigenvalue weighted by molar-refractivity contribution is 5.83. The summed E-state index contributed by atoms with van der Waals surface area (Å²) >= 11 is 0. The topological polar surface area (TPSA) is 104 Å². The van der Waals surface area contributed by atoms with Crippen molar-refractivity contribution in [3.05, 3.63) is 66.9 Å². The van der Waals surface area contributed by atoms with Crippen LogP contribution in [0.3, 0.4) is 0 Å². The molecule has 4 N–H and O–H groups in total. The normalized spacial score (nSPS) is 11.6. The highest BCUT2D eigenvalue weighted by Gasteiger charge is 2.33. The van der Waals surface area contributed by atoms with Crippen LogP contribution in [-0.2, 0) is 0 Å². The van der Waals surface area contributed by atoms with E-state index in [9.17, 15) is 0 Å². The van der Waals surface area contributed by atoms with Gasteiger partial charge in [-0.15, -0.1) is 0 Å². The molecule has 0 saturated heterocycles. The van der Waals surface area contributed by atoms with Gasteiger partial charge in [0.25, 0.3) is 5.82 Å². The van der Waals surface area contributed by atoms with Crippen LogP contribution < -0.4 is 16.0 Å². The van der Waals surface area contributed by atoms with Crippen molar-refractivity contribution < 1.29 is 0 Å². The molecule has 7 heteroatoms. The van der Waals surface area contributed by atoms with Crippen molar-refractivity contribution in [3.63, 3.8) is 0 Å². The Balaban J connectivity index is 2.00. The SMILES string of the molecule is C[N+](c1ccccc1)(c1ccccc1)c1cnc2nc(N)nc(N)c2n1. The zero-order chi connectivity index (χ0) is 18.1. The number of hydrogen-bond donors (Lipinski definition) is 2. The lowest BCUT2D eigenvalue weighted by atomic mass is 10.2. The predicted molar refractivity (Wildman–Crippen MR) is 104 cm³/mol. The molecule has 0 aliphatic heterocycles. The molecule has 0 spiro atoms. The first kappa shape index (κ1) is 15.9. The molecule has 2 aromatic heterocycles. The minimum absolute atomic E-state index is 0.0837. The van der Waals surface area contributed by atoms with E-state index in [2.05, 4.69) is 46.3 Å². The van der Waals surface area contributed by atoms with Crippen LogP contribution in [0.15, 0.2) is 66.9 Å². The summed E-state index contributed by atoms with van der Waals surface area (Å²) in [6, 6.07) is 20.2. The van der Waals surface area contributed by atoms with Gasteiger partial charge in [-0.2, -0.15) is 15.0 Å². The van der Waals surface area contributed by atoms with Crippen molar-refractivity contribution in [3.8, 4) is 0 Å². The predicted octanol–water partition coefficient (Wildman–Crippen LogP) is 3.18. The smallest absolute Gasteiger partial charge is 0.257 e. The lowest BCUT2D eigenvalue weighted by Crippen LogP contribution is -2.34. The van der Waals surface area contributed by atoms with Crippen LogP contribution in [0.1, 0.15) is 0 Å². The Morgan fingerprint density at radius 1 is 0.769 bits per heavy atom. The van der Waals surface area contributed by atoms with E-state index in [1.807, 2.05) is 36.4 Å². The third kappa shape index (κ3) is 2.51. The number of aromatic nitrogens is 4. The third-order valence-electron chi connectivity index (χ3n) is 4.44. The van der Waals surface area contributed by atoms with E-state index in [1.54, 1.807) is 6.20 Å². The number of para-hydroxylation sites is 2. The largest absolute Gasteiger partial charge is 0.382 e. The van der Waals surface area contributed by atoms with Gasteiger partial charge in [0.2, 0.25) is 5.95 Å². The van der Waals surface area contributed by atoms with Gasteiger partial charge in [-0.05, 0) is 0 Å². The van der Waals surface area contributed by atoms with Gasteiger partial charge in [-0.3, -0.25) is 0 Å². The molecule has 0 bridgehead atoms. The average Bonchev–Trinajstić information content (AvgIpc) is 2.68. The number of nitrogen functional groups attached to an aromatic ring is 2. The van der Waals surface area contributed by atoms with Crippen molar-refractivity contribution in [1.29, 1.82) is 0 Å². The monoisotopic (exact) mass is 344 g/mol. The van der Waals surface area contributed by atoms with Crippen molar-refractivity contribution in [2.45, 2.75) is 0 Å². The third-order valence-corrected chi connectivity index (χ3v) is 4.44. The number of nitrogens with two attached hydrogens (primary N) is 2. The standard InChI is InChI=1S/C19H18N7/c1-26(13-8-4-2-5-9-13,14-10-6-3-7-11-14)15-12-22-18-16(23-15)17(20)24-19(21)25-18/h2-12H,1H3,(H4,20,21,22,24,25)/q+1. The van der Waals surface area contributed by atoms with Gasteiger partial charge in [0.05, 0.1) is 7.05 Å². The van der Waals surface area contributed by atoms with Crippen LogP contribution in [0.25, 0.3) is 11.2 Å². The fourth-order valence-corrected chi connectivity index (χ4v) is 3.02. The van der Waals surface area contributed by atoms with Crippen molar-refractivity contribution >= 4 is 40.1 Å². The highest BCUT2D eigenvalue weighted by Crippen LogP contribution is 2.40. The van der Waals surface area contributed by atoms with Crippen LogP contribution in [0.4, 0.5) is 29.0 Å². The summed E-state index contributed by atoms with van der Waals surface area (Å²) in [4.78, 5) is 17.3. The molecule has 4 aromatic rings. The maximum absolute atomic E-state index is 6.01. The zero-order valence-corrected chi connectivity index (χ0v) is 14.2. The van der Waals surface area contributed by atoms with E-state index in [4.69, 9.17) is 16.5 Å². The lowest BCUT2D eigenvalue weighted by Gasteiger charge is -2.31. The van der Waals surface area contributed by atoms with Gasteiger partial charge in [0.15, 0.2) is 17.0 Å². The van der Waals surface area contributed by atoms with E-state index in [1.165, 1.54) is 0 Å². The van der Waals surface area contributed by atoms with Crippen molar-refractivity contribution in [2.75, 3.05) is 18.5 Å². The Morgan fingerprint density at radius 3 is 1.92 bits per heavy atom. The Hall–Kier alpha value is -3.58. The molecule has 2 aromatic carbocycles. The molecule has 0 aliphatic carbocycles. The zero-order valence-electron chi connectivity index (χ0n) is 14.2. The fourth-order valence-electron chi connectivity index (χ4n) is 3.02. The molecule has 0 amide bonds. The number of nitrogens with zero attached hydrogens (tertiary/aromatic N) is 5. The number of anilines is 2.